The van der Waals surface area contributed by atoms with Gasteiger partial charge in [0.25, 0.3) is 0 Å². The third-order valence-corrected chi connectivity index (χ3v) is 4.00. The third-order valence-electron chi connectivity index (χ3n) is 4.00. The van der Waals surface area contributed by atoms with Crippen LogP contribution in [-0.2, 0) is 15.9 Å². The van der Waals surface area contributed by atoms with Crippen LogP contribution in [0.15, 0.2) is 24.3 Å². The Morgan fingerprint density at radius 1 is 0.692 bits per heavy atom. The van der Waals surface area contributed by atoms with Crippen LogP contribution >= 0.6 is 0 Å². The molecule has 1 aromatic carbocycles. The summed E-state index contributed by atoms with van der Waals surface area (Å²) >= 11 is 0. The molecular formula is C23H40O3. The number of hydrogen-bond donors (Lipinski definition) is 0. The molecule has 0 saturated carbocycles. The first kappa shape index (κ1) is 23.0. The Labute approximate surface area is 161 Å². The first-order valence-corrected chi connectivity index (χ1v) is 10.0. The molecule has 0 heterocycles. The van der Waals surface area contributed by atoms with Gasteiger partial charge in [0.1, 0.15) is 5.75 Å². The first-order chi connectivity index (χ1) is 12.2. The predicted molar refractivity (Wildman–Crippen MR) is 110 cm³/mol. The van der Waals surface area contributed by atoms with Gasteiger partial charge in [-0.2, -0.15) is 0 Å². The summed E-state index contributed by atoms with van der Waals surface area (Å²) in [5.41, 5.74) is 1.90. The Morgan fingerprint density at radius 3 is 1.96 bits per heavy atom. The molecule has 1 aromatic rings. The van der Waals surface area contributed by atoms with Gasteiger partial charge in [0.05, 0.1) is 19.8 Å². The molecule has 0 aliphatic heterocycles. The molecule has 3 nitrogen and oxygen atoms in total. The maximum atomic E-state index is 5.99. The van der Waals surface area contributed by atoms with Crippen LogP contribution in [0.3, 0.4) is 0 Å². The number of benzene rings is 1. The first-order valence-electron chi connectivity index (χ1n) is 10.0. The van der Waals surface area contributed by atoms with Gasteiger partial charge >= 0.3 is 0 Å². The van der Waals surface area contributed by atoms with E-state index in [2.05, 4.69) is 59.7 Å². The highest BCUT2D eigenvalue weighted by Gasteiger charge is 2.14. The predicted octanol–water partition coefficient (Wildman–Crippen LogP) is 5.90. The molecule has 1 rings (SSSR count). The number of para-hydroxylation sites is 1. The van der Waals surface area contributed by atoms with Gasteiger partial charge in [0.2, 0.25) is 0 Å². The molecular weight excluding hydrogens is 324 g/mol. The van der Waals surface area contributed by atoms with E-state index in [1.807, 2.05) is 6.07 Å². The summed E-state index contributed by atoms with van der Waals surface area (Å²) < 4.78 is 17.2. The maximum absolute atomic E-state index is 5.99. The van der Waals surface area contributed by atoms with Crippen LogP contribution in [0.2, 0.25) is 0 Å². The van der Waals surface area contributed by atoms with Gasteiger partial charge in [0.15, 0.2) is 0 Å². The fourth-order valence-corrected chi connectivity index (χ4v) is 2.55. The van der Waals surface area contributed by atoms with Crippen LogP contribution in [0.25, 0.3) is 0 Å². The summed E-state index contributed by atoms with van der Waals surface area (Å²) in [4.78, 5) is 0. The van der Waals surface area contributed by atoms with Crippen molar-refractivity contribution in [3.63, 3.8) is 0 Å². The molecule has 150 valence electrons. The fraction of sp³-hybridized carbons (Fsp3) is 0.739. The molecule has 0 aliphatic rings. The Morgan fingerprint density at radius 2 is 1.31 bits per heavy atom. The molecule has 0 saturated heterocycles. The van der Waals surface area contributed by atoms with Gasteiger partial charge in [-0.15, -0.1) is 0 Å². The van der Waals surface area contributed by atoms with E-state index < -0.39 is 0 Å². The van der Waals surface area contributed by atoms with Crippen LogP contribution in [-0.4, -0.2) is 33.0 Å². The highest BCUT2D eigenvalue weighted by Crippen LogP contribution is 2.27. The van der Waals surface area contributed by atoms with Crippen molar-refractivity contribution in [3.05, 3.63) is 29.8 Å². The zero-order chi connectivity index (χ0) is 19.5. The Bertz CT molecular complexity index is 483. The van der Waals surface area contributed by atoms with Crippen molar-refractivity contribution >= 4 is 0 Å². The third kappa shape index (κ3) is 12.3. The molecule has 0 atom stereocenters. The van der Waals surface area contributed by atoms with Crippen LogP contribution in [0.1, 0.15) is 66.4 Å². The van der Waals surface area contributed by atoms with Crippen molar-refractivity contribution in [2.45, 2.75) is 67.2 Å². The minimum atomic E-state index is 0.266. The zero-order valence-corrected chi connectivity index (χ0v) is 17.9. The summed E-state index contributed by atoms with van der Waals surface area (Å²) in [6.07, 6.45) is 4.14. The number of rotatable bonds is 12. The normalized spacial score (nSPS) is 12.4. The van der Waals surface area contributed by atoms with Crippen LogP contribution in [0.4, 0.5) is 0 Å². The Hall–Kier alpha value is -1.06. The molecule has 0 unspecified atom stereocenters. The van der Waals surface area contributed by atoms with Crippen LogP contribution in [0, 0.1) is 10.8 Å². The van der Waals surface area contributed by atoms with Gasteiger partial charge in [-0.05, 0) is 48.1 Å². The average Bonchev–Trinajstić information content (AvgIpc) is 2.51. The summed E-state index contributed by atoms with van der Waals surface area (Å²) in [7, 11) is 0. The molecule has 0 aromatic heterocycles. The van der Waals surface area contributed by atoms with E-state index in [1.165, 1.54) is 5.56 Å². The molecule has 26 heavy (non-hydrogen) atoms. The van der Waals surface area contributed by atoms with Crippen molar-refractivity contribution in [2.24, 2.45) is 10.8 Å². The van der Waals surface area contributed by atoms with Crippen molar-refractivity contribution in [1.82, 2.24) is 0 Å². The van der Waals surface area contributed by atoms with Gasteiger partial charge in [0, 0.05) is 13.2 Å². The van der Waals surface area contributed by atoms with Crippen molar-refractivity contribution in [1.29, 1.82) is 0 Å². The minimum Gasteiger partial charge on any atom is -0.493 e. The molecule has 0 radical (unpaired) electrons. The quantitative estimate of drug-likeness (QED) is 0.432. The fourth-order valence-electron chi connectivity index (χ4n) is 2.55. The van der Waals surface area contributed by atoms with Crippen molar-refractivity contribution in [3.8, 4) is 5.75 Å². The van der Waals surface area contributed by atoms with E-state index in [9.17, 15) is 0 Å². The van der Waals surface area contributed by atoms with Crippen LogP contribution < -0.4 is 4.74 Å². The van der Waals surface area contributed by atoms with Gasteiger partial charge in [-0.1, -0.05) is 59.7 Å². The van der Waals surface area contributed by atoms with E-state index in [1.54, 1.807) is 0 Å². The Kier molecular flexibility index (Phi) is 10.3. The van der Waals surface area contributed by atoms with Crippen molar-refractivity contribution in [2.75, 3.05) is 33.0 Å². The van der Waals surface area contributed by atoms with Crippen molar-refractivity contribution < 1.29 is 14.2 Å². The van der Waals surface area contributed by atoms with Gasteiger partial charge in [-0.3, -0.25) is 0 Å². The number of ether oxygens (including phenoxy) is 3. The summed E-state index contributed by atoms with van der Waals surface area (Å²) in [5, 5.41) is 0. The zero-order valence-electron chi connectivity index (χ0n) is 17.9. The highest BCUT2D eigenvalue weighted by atomic mass is 16.5. The second-order valence-corrected chi connectivity index (χ2v) is 9.44. The van der Waals surface area contributed by atoms with Gasteiger partial charge < -0.3 is 14.2 Å². The van der Waals surface area contributed by atoms with E-state index in [-0.39, 0.29) is 5.41 Å². The summed E-state index contributed by atoms with van der Waals surface area (Å²) in [6.45, 7) is 17.2. The number of unbranched alkanes of at least 4 members (excludes halogenated alkanes) is 1. The highest BCUT2D eigenvalue weighted by molar-refractivity contribution is 5.34. The lowest BCUT2D eigenvalue weighted by Crippen LogP contribution is -2.12. The molecule has 0 bridgehead atoms. The lowest BCUT2D eigenvalue weighted by Gasteiger charge is -2.20. The average molecular weight is 365 g/mol. The second kappa shape index (κ2) is 11.6. The molecule has 0 N–H and O–H groups in total. The largest absolute Gasteiger partial charge is 0.493 e. The maximum Gasteiger partial charge on any atom is 0.122 e. The molecule has 0 fully saturated rings. The lowest BCUT2D eigenvalue weighted by atomic mass is 9.88. The lowest BCUT2D eigenvalue weighted by molar-refractivity contribution is 0.0369. The smallest absolute Gasteiger partial charge is 0.122 e. The molecule has 0 aliphatic carbocycles. The number of hydrogen-bond acceptors (Lipinski definition) is 3. The van der Waals surface area contributed by atoms with E-state index in [0.717, 1.165) is 51.3 Å². The second-order valence-electron chi connectivity index (χ2n) is 9.44. The summed E-state index contributed by atoms with van der Waals surface area (Å²) in [6, 6.07) is 8.38. The van der Waals surface area contributed by atoms with E-state index >= 15 is 0 Å². The van der Waals surface area contributed by atoms with Crippen LogP contribution in [0.5, 0.6) is 5.75 Å². The molecule has 0 spiro atoms. The van der Waals surface area contributed by atoms with E-state index in [0.29, 0.717) is 18.6 Å². The monoisotopic (exact) mass is 364 g/mol. The van der Waals surface area contributed by atoms with E-state index in [4.69, 9.17) is 14.2 Å². The van der Waals surface area contributed by atoms with Gasteiger partial charge in [-0.25, -0.2) is 0 Å². The Balaban J connectivity index is 2.06. The molecule has 0 amide bonds. The topological polar surface area (TPSA) is 27.7 Å². The standard InChI is InChI=1S/C23H40O3/c1-22(2,3)13-16-25-18-17-24-14-9-10-15-26-21-12-8-7-11-20(21)19-23(4,5)6/h7-8,11-12H,9-10,13-19H2,1-6H3. The molecule has 3 heteroatoms. The minimum absolute atomic E-state index is 0.266. The summed E-state index contributed by atoms with van der Waals surface area (Å²) in [5.74, 6) is 1.02. The SMILES string of the molecule is CC(C)(C)CCOCCOCCCCOc1ccccc1CC(C)(C)C.